The minimum atomic E-state index is 0.861. The number of fused-ring (bicyclic) bond motifs is 1. The predicted octanol–water partition coefficient (Wildman–Crippen LogP) is 2.72. The van der Waals surface area contributed by atoms with Crippen molar-refractivity contribution in [2.24, 2.45) is 0 Å². The lowest BCUT2D eigenvalue weighted by Gasteiger charge is -2.19. The highest BCUT2D eigenvalue weighted by Crippen LogP contribution is 2.20. The van der Waals surface area contributed by atoms with Gasteiger partial charge in [-0.05, 0) is 56.7 Å². The van der Waals surface area contributed by atoms with Crippen molar-refractivity contribution in [2.75, 3.05) is 44.6 Å². The number of para-hydroxylation sites is 2. The van der Waals surface area contributed by atoms with Crippen LogP contribution in [-0.2, 0) is 0 Å². The van der Waals surface area contributed by atoms with Crippen molar-refractivity contribution in [1.29, 1.82) is 0 Å². The van der Waals surface area contributed by atoms with Crippen LogP contribution in [0.5, 0.6) is 0 Å². The van der Waals surface area contributed by atoms with E-state index in [1.54, 1.807) is 0 Å². The Labute approximate surface area is 154 Å². The van der Waals surface area contributed by atoms with E-state index in [0.717, 1.165) is 67.4 Å². The van der Waals surface area contributed by atoms with Crippen molar-refractivity contribution in [2.45, 2.75) is 12.8 Å². The van der Waals surface area contributed by atoms with Crippen LogP contribution >= 0.6 is 0 Å². The number of anilines is 1. The molecule has 0 amide bonds. The van der Waals surface area contributed by atoms with Crippen LogP contribution in [0, 0.1) is 0 Å². The Kier molecular flexibility index (Phi) is 5.42. The van der Waals surface area contributed by atoms with Gasteiger partial charge in [-0.15, -0.1) is 0 Å². The Morgan fingerprint density at radius 3 is 2.92 bits per heavy atom. The van der Waals surface area contributed by atoms with Crippen LogP contribution in [0.2, 0.25) is 0 Å². The largest absolute Gasteiger partial charge is 0.370 e. The van der Waals surface area contributed by atoms with Gasteiger partial charge in [0.05, 0.1) is 11.0 Å². The standard InChI is InChI=1S/C20H26N6/c1-2-6-18-17(5-1)24-20(25-18)16-7-8-19(23-15-16)22-10-4-13-26-12-3-9-21-11-14-26/h1-2,5-8,15,21H,3-4,9-14H2,(H,22,23)(H,24,25). The highest BCUT2D eigenvalue weighted by atomic mass is 15.1. The van der Waals surface area contributed by atoms with E-state index < -0.39 is 0 Å². The topological polar surface area (TPSA) is 68.9 Å². The summed E-state index contributed by atoms with van der Waals surface area (Å²) in [4.78, 5) is 15.0. The molecule has 3 N–H and O–H groups in total. The molecule has 3 heterocycles. The fourth-order valence-corrected chi connectivity index (χ4v) is 3.37. The number of hydrogen-bond donors (Lipinski definition) is 3. The molecule has 6 heteroatoms. The normalized spacial score (nSPS) is 15.8. The van der Waals surface area contributed by atoms with E-state index in [0.29, 0.717) is 0 Å². The summed E-state index contributed by atoms with van der Waals surface area (Å²) in [7, 11) is 0. The van der Waals surface area contributed by atoms with Gasteiger partial charge in [-0.2, -0.15) is 0 Å². The third kappa shape index (κ3) is 4.20. The fourth-order valence-electron chi connectivity index (χ4n) is 3.37. The van der Waals surface area contributed by atoms with Crippen LogP contribution in [0.3, 0.4) is 0 Å². The molecule has 26 heavy (non-hydrogen) atoms. The number of nitrogens with one attached hydrogen (secondary N) is 3. The van der Waals surface area contributed by atoms with Crippen molar-refractivity contribution >= 4 is 16.9 Å². The van der Waals surface area contributed by atoms with Gasteiger partial charge in [-0.3, -0.25) is 0 Å². The second kappa shape index (κ2) is 8.29. The number of hydrogen-bond acceptors (Lipinski definition) is 5. The highest BCUT2D eigenvalue weighted by Gasteiger charge is 2.08. The molecule has 2 aromatic heterocycles. The summed E-state index contributed by atoms with van der Waals surface area (Å²) in [6.07, 6.45) is 4.26. The quantitative estimate of drug-likeness (QED) is 0.597. The monoisotopic (exact) mass is 350 g/mol. The van der Waals surface area contributed by atoms with Gasteiger partial charge in [-0.1, -0.05) is 12.1 Å². The summed E-state index contributed by atoms with van der Waals surface area (Å²) < 4.78 is 0. The van der Waals surface area contributed by atoms with Crippen molar-refractivity contribution in [3.8, 4) is 11.4 Å². The molecule has 6 nitrogen and oxygen atoms in total. The van der Waals surface area contributed by atoms with Gasteiger partial charge < -0.3 is 20.5 Å². The van der Waals surface area contributed by atoms with E-state index in [1.807, 2.05) is 36.5 Å². The van der Waals surface area contributed by atoms with Crippen LogP contribution < -0.4 is 10.6 Å². The van der Waals surface area contributed by atoms with E-state index in [-0.39, 0.29) is 0 Å². The number of H-pyrrole nitrogens is 1. The van der Waals surface area contributed by atoms with Crippen LogP contribution in [0.15, 0.2) is 42.6 Å². The molecule has 0 aliphatic carbocycles. The van der Waals surface area contributed by atoms with Gasteiger partial charge in [0.2, 0.25) is 0 Å². The maximum Gasteiger partial charge on any atom is 0.140 e. The molecule has 0 bridgehead atoms. The van der Waals surface area contributed by atoms with E-state index >= 15 is 0 Å². The predicted molar refractivity (Wildman–Crippen MR) is 106 cm³/mol. The lowest BCUT2D eigenvalue weighted by atomic mass is 10.2. The van der Waals surface area contributed by atoms with Crippen molar-refractivity contribution < 1.29 is 0 Å². The SMILES string of the molecule is c1ccc2[nH]c(-c3ccc(NCCCN4CCCNCC4)nc3)nc2c1. The second-order valence-electron chi connectivity index (χ2n) is 6.76. The first-order chi connectivity index (χ1) is 12.9. The molecule has 1 saturated heterocycles. The van der Waals surface area contributed by atoms with Crippen LogP contribution in [0.4, 0.5) is 5.82 Å². The molecule has 0 saturated carbocycles. The molecule has 1 aromatic carbocycles. The van der Waals surface area contributed by atoms with Gasteiger partial charge >= 0.3 is 0 Å². The number of nitrogens with zero attached hydrogens (tertiary/aromatic N) is 3. The number of pyridine rings is 1. The summed E-state index contributed by atoms with van der Waals surface area (Å²) in [6, 6.07) is 12.2. The Morgan fingerprint density at radius 2 is 2.04 bits per heavy atom. The zero-order chi connectivity index (χ0) is 17.6. The number of imidazole rings is 1. The summed E-state index contributed by atoms with van der Waals surface area (Å²) in [5, 5.41) is 6.87. The van der Waals surface area contributed by atoms with Crippen molar-refractivity contribution in [3.63, 3.8) is 0 Å². The second-order valence-corrected chi connectivity index (χ2v) is 6.76. The van der Waals surface area contributed by atoms with E-state index in [2.05, 4.69) is 36.6 Å². The molecular weight excluding hydrogens is 324 g/mol. The molecule has 136 valence electrons. The summed E-state index contributed by atoms with van der Waals surface area (Å²) >= 11 is 0. The van der Waals surface area contributed by atoms with Crippen LogP contribution in [-0.4, -0.2) is 59.1 Å². The van der Waals surface area contributed by atoms with Gasteiger partial charge in [0.25, 0.3) is 0 Å². The first-order valence-electron chi connectivity index (χ1n) is 9.47. The van der Waals surface area contributed by atoms with Gasteiger partial charge in [-0.25, -0.2) is 9.97 Å². The first-order valence-corrected chi connectivity index (χ1v) is 9.47. The fraction of sp³-hybridized carbons (Fsp3) is 0.400. The first kappa shape index (κ1) is 17.0. The van der Waals surface area contributed by atoms with Gasteiger partial charge in [0.1, 0.15) is 11.6 Å². The van der Waals surface area contributed by atoms with Gasteiger partial charge in [0.15, 0.2) is 0 Å². The maximum absolute atomic E-state index is 4.62. The van der Waals surface area contributed by atoms with Crippen molar-refractivity contribution in [1.82, 2.24) is 25.2 Å². The number of aromatic amines is 1. The Morgan fingerprint density at radius 1 is 1.08 bits per heavy atom. The molecule has 0 unspecified atom stereocenters. The Balaban J connectivity index is 1.28. The van der Waals surface area contributed by atoms with Crippen LogP contribution in [0.1, 0.15) is 12.8 Å². The number of rotatable bonds is 6. The van der Waals surface area contributed by atoms with Gasteiger partial charge in [0, 0.05) is 31.4 Å². The van der Waals surface area contributed by atoms with Crippen LogP contribution in [0.25, 0.3) is 22.4 Å². The van der Waals surface area contributed by atoms with E-state index in [1.165, 1.54) is 13.0 Å². The Bertz CT molecular complexity index is 785. The molecular formula is C20H26N6. The molecule has 4 rings (SSSR count). The number of aromatic nitrogens is 3. The average molecular weight is 350 g/mol. The van der Waals surface area contributed by atoms with E-state index in [4.69, 9.17) is 0 Å². The molecule has 3 aromatic rings. The summed E-state index contributed by atoms with van der Waals surface area (Å²) in [6.45, 7) is 6.71. The third-order valence-corrected chi connectivity index (χ3v) is 4.82. The minimum absolute atomic E-state index is 0.861. The molecule has 0 atom stereocenters. The minimum Gasteiger partial charge on any atom is -0.370 e. The molecule has 1 fully saturated rings. The summed E-state index contributed by atoms with van der Waals surface area (Å²) in [5.41, 5.74) is 3.03. The zero-order valence-corrected chi connectivity index (χ0v) is 15.0. The molecule has 1 aliphatic heterocycles. The highest BCUT2D eigenvalue weighted by molar-refractivity contribution is 5.79. The maximum atomic E-state index is 4.62. The van der Waals surface area contributed by atoms with E-state index in [9.17, 15) is 0 Å². The molecule has 0 spiro atoms. The number of benzene rings is 1. The van der Waals surface area contributed by atoms with Crippen molar-refractivity contribution in [3.05, 3.63) is 42.6 Å². The third-order valence-electron chi connectivity index (χ3n) is 4.82. The smallest absolute Gasteiger partial charge is 0.140 e. The lowest BCUT2D eigenvalue weighted by molar-refractivity contribution is 0.291. The Hall–Kier alpha value is -2.44. The zero-order valence-electron chi connectivity index (χ0n) is 15.0. The molecule has 0 radical (unpaired) electrons. The lowest BCUT2D eigenvalue weighted by Crippen LogP contribution is -2.30. The molecule has 1 aliphatic rings. The summed E-state index contributed by atoms with van der Waals surface area (Å²) in [5.74, 6) is 1.78. The average Bonchev–Trinajstić information content (AvgIpc) is 2.94.